The molecule has 0 amide bonds. The summed E-state index contributed by atoms with van der Waals surface area (Å²) in [6.45, 7) is 5.78. The van der Waals surface area contributed by atoms with Gasteiger partial charge in [0, 0.05) is 39.3 Å². The predicted octanol–water partition coefficient (Wildman–Crippen LogP) is 3.72. The van der Waals surface area contributed by atoms with Crippen molar-refractivity contribution in [1.29, 1.82) is 0 Å². The van der Waals surface area contributed by atoms with Crippen molar-refractivity contribution in [3.05, 3.63) is 51.8 Å². The third-order valence-electron chi connectivity index (χ3n) is 4.55. The van der Waals surface area contributed by atoms with Gasteiger partial charge < -0.3 is 9.47 Å². The van der Waals surface area contributed by atoms with Crippen molar-refractivity contribution in [2.45, 2.75) is 13.1 Å². The number of aromatic nitrogens is 1. The first kappa shape index (κ1) is 19.2. The Balaban J connectivity index is 1.54. The van der Waals surface area contributed by atoms with Crippen LogP contribution in [0.5, 0.6) is 11.5 Å². The molecule has 3 rings (SSSR count). The molecule has 26 heavy (non-hydrogen) atoms. The first-order chi connectivity index (χ1) is 12.6. The summed E-state index contributed by atoms with van der Waals surface area (Å²) in [7, 11) is 3.32. The van der Waals surface area contributed by atoms with Crippen molar-refractivity contribution in [2.75, 3.05) is 40.4 Å². The Hall–Kier alpha value is -1.53. The molecule has 0 atom stereocenters. The summed E-state index contributed by atoms with van der Waals surface area (Å²) in [6.07, 6.45) is 0. The fraction of sp³-hybridized carbons (Fsp3) is 0.421. The third kappa shape index (κ3) is 5.01. The van der Waals surface area contributed by atoms with E-state index in [-0.39, 0.29) is 0 Å². The number of hydrogen-bond donors (Lipinski definition) is 0. The molecule has 1 aromatic heterocycles. The van der Waals surface area contributed by atoms with Gasteiger partial charge in [0.2, 0.25) is 0 Å². The van der Waals surface area contributed by atoms with E-state index < -0.39 is 0 Å². The van der Waals surface area contributed by atoms with Crippen LogP contribution in [0.25, 0.3) is 0 Å². The highest BCUT2D eigenvalue weighted by Gasteiger charge is 2.18. The summed E-state index contributed by atoms with van der Waals surface area (Å²) in [5.41, 5.74) is 2.33. The molecule has 0 aliphatic carbocycles. The van der Waals surface area contributed by atoms with Gasteiger partial charge in [0.1, 0.15) is 10.3 Å². The molecule has 140 valence electrons. The molecule has 1 aliphatic rings. The van der Waals surface area contributed by atoms with Crippen LogP contribution in [-0.2, 0) is 13.1 Å². The first-order valence-corrected chi connectivity index (χ1v) is 9.30. The normalized spacial score (nSPS) is 15.8. The average molecular weight is 396 g/mol. The van der Waals surface area contributed by atoms with Gasteiger partial charge in [0.05, 0.1) is 14.2 Å². The van der Waals surface area contributed by atoms with Crippen LogP contribution in [0, 0.1) is 0 Å². The molecular formula is C19H23Cl2N3O2. The van der Waals surface area contributed by atoms with Crippen LogP contribution in [0.3, 0.4) is 0 Å². The van der Waals surface area contributed by atoms with Crippen LogP contribution in [0.1, 0.15) is 11.1 Å². The number of methoxy groups -OCH3 is 2. The zero-order valence-electron chi connectivity index (χ0n) is 15.0. The number of ether oxygens (including phenoxy) is 2. The summed E-state index contributed by atoms with van der Waals surface area (Å²) in [4.78, 5) is 8.86. The second-order valence-electron chi connectivity index (χ2n) is 6.36. The van der Waals surface area contributed by atoms with Crippen molar-refractivity contribution in [1.82, 2.24) is 14.8 Å². The second-order valence-corrected chi connectivity index (χ2v) is 7.14. The van der Waals surface area contributed by atoms with Crippen LogP contribution in [0.4, 0.5) is 0 Å². The minimum atomic E-state index is 0.444. The highest BCUT2D eigenvalue weighted by Crippen LogP contribution is 2.28. The molecule has 0 unspecified atom stereocenters. The van der Waals surface area contributed by atoms with Gasteiger partial charge in [-0.3, -0.25) is 9.80 Å². The average Bonchev–Trinajstić information content (AvgIpc) is 2.62. The van der Waals surface area contributed by atoms with Crippen molar-refractivity contribution in [3.63, 3.8) is 0 Å². The SMILES string of the molecule is COc1ccc(CN2CCN(Cc3cc(Cl)nc(Cl)c3)CC2)cc1OC. The molecular weight excluding hydrogens is 373 g/mol. The Morgan fingerprint density at radius 1 is 0.808 bits per heavy atom. The summed E-state index contributed by atoms with van der Waals surface area (Å²) in [5.74, 6) is 1.53. The second kappa shape index (κ2) is 8.91. The molecule has 1 fully saturated rings. The zero-order valence-corrected chi connectivity index (χ0v) is 16.6. The lowest BCUT2D eigenvalue weighted by molar-refractivity contribution is 0.122. The predicted molar refractivity (Wildman–Crippen MR) is 104 cm³/mol. The molecule has 0 saturated carbocycles. The van der Waals surface area contributed by atoms with E-state index in [9.17, 15) is 0 Å². The molecule has 5 nitrogen and oxygen atoms in total. The summed E-state index contributed by atoms with van der Waals surface area (Å²) in [5, 5.41) is 0.888. The van der Waals surface area contributed by atoms with Gasteiger partial charge in [0.15, 0.2) is 11.5 Å². The first-order valence-electron chi connectivity index (χ1n) is 8.55. The Bertz CT molecular complexity index is 729. The standard InChI is InChI=1S/C19H23Cl2N3O2/c1-25-16-4-3-14(9-17(16)26-2)12-23-5-7-24(8-6-23)13-15-10-18(20)22-19(21)11-15/h3-4,9-11H,5-8,12-13H2,1-2H3. The summed E-state index contributed by atoms with van der Waals surface area (Å²) in [6, 6.07) is 9.86. The van der Waals surface area contributed by atoms with Gasteiger partial charge in [-0.2, -0.15) is 0 Å². The van der Waals surface area contributed by atoms with E-state index in [2.05, 4.69) is 20.9 Å². The van der Waals surface area contributed by atoms with Crippen molar-refractivity contribution in [3.8, 4) is 11.5 Å². The number of benzene rings is 1. The van der Waals surface area contributed by atoms with Crippen LogP contribution in [-0.4, -0.2) is 55.2 Å². The maximum Gasteiger partial charge on any atom is 0.161 e. The third-order valence-corrected chi connectivity index (χ3v) is 4.94. The molecule has 0 bridgehead atoms. The van der Waals surface area contributed by atoms with Gasteiger partial charge >= 0.3 is 0 Å². The Labute approximate surface area is 164 Å². The lowest BCUT2D eigenvalue weighted by Crippen LogP contribution is -2.45. The molecule has 0 spiro atoms. The van der Waals surface area contributed by atoms with E-state index in [0.29, 0.717) is 10.3 Å². The number of piperazine rings is 1. The maximum atomic E-state index is 5.99. The summed E-state index contributed by atoms with van der Waals surface area (Å²) < 4.78 is 10.7. The fourth-order valence-corrected chi connectivity index (χ4v) is 3.71. The van der Waals surface area contributed by atoms with Crippen LogP contribution < -0.4 is 9.47 Å². The number of pyridine rings is 1. The van der Waals surface area contributed by atoms with Crippen LogP contribution in [0.2, 0.25) is 10.3 Å². The number of hydrogen-bond acceptors (Lipinski definition) is 5. The minimum Gasteiger partial charge on any atom is -0.493 e. The van der Waals surface area contributed by atoms with E-state index in [1.807, 2.05) is 24.3 Å². The van der Waals surface area contributed by atoms with Gasteiger partial charge in [-0.05, 0) is 35.4 Å². The highest BCUT2D eigenvalue weighted by molar-refractivity contribution is 6.32. The van der Waals surface area contributed by atoms with Crippen molar-refractivity contribution >= 4 is 23.2 Å². The van der Waals surface area contributed by atoms with Gasteiger partial charge in [-0.1, -0.05) is 29.3 Å². The van der Waals surface area contributed by atoms with Crippen LogP contribution >= 0.6 is 23.2 Å². The number of rotatable bonds is 6. The lowest BCUT2D eigenvalue weighted by Gasteiger charge is -2.34. The summed E-state index contributed by atoms with van der Waals surface area (Å²) >= 11 is 12.0. The molecule has 1 saturated heterocycles. The van der Waals surface area contributed by atoms with Crippen molar-refractivity contribution < 1.29 is 9.47 Å². The Kier molecular flexibility index (Phi) is 6.59. The molecule has 2 aromatic rings. The van der Waals surface area contributed by atoms with Gasteiger partial charge in [-0.25, -0.2) is 4.98 Å². The molecule has 7 heteroatoms. The largest absolute Gasteiger partial charge is 0.493 e. The molecule has 1 aliphatic heterocycles. The van der Waals surface area contributed by atoms with Gasteiger partial charge in [0.25, 0.3) is 0 Å². The lowest BCUT2D eigenvalue weighted by atomic mass is 10.1. The van der Waals surface area contributed by atoms with Crippen LogP contribution in [0.15, 0.2) is 30.3 Å². The van der Waals surface area contributed by atoms with E-state index in [4.69, 9.17) is 32.7 Å². The molecule has 0 N–H and O–H groups in total. The minimum absolute atomic E-state index is 0.444. The highest BCUT2D eigenvalue weighted by atomic mass is 35.5. The quantitative estimate of drug-likeness (QED) is 0.696. The number of halogens is 2. The Morgan fingerprint density at radius 2 is 1.35 bits per heavy atom. The Morgan fingerprint density at radius 3 is 1.88 bits per heavy atom. The van der Waals surface area contributed by atoms with E-state index >= 15 is 0 Å². The molecule has 0 radical (unpaired) electrons. The molecule has 1 aromatic carbocycles. The van der Waals surface area contributed by atoms with Gasteiger partial charge in [-0.15, -0.1) is 0 Å². The smallest absolute Gasteiger partial charge is 0.161 e. The monoisotopic (exact) mass is 395 g/mol. The van der Waals surface area contributed by atoms with E-state index in [1.165, 1.54) is 5.56 Å². The van der Waals surface area contributed by atoms with E-state index in [0.717, 1.165) is 56.3 Å². The topological polar surface area (TPSA) is 37.8 Å². The zero-order chi connectivity index (χ0) is 18.5. The fourth-order valence-electron chi connectivity index (χ4n) is 3.21. The van der Waals surface area contributed by atoms with E-state index in [1.54, 1.807) is 14.2 Å². The molecule has 2 heterocycles. The number of nitrogens with zero attached hydrogens (tertiary/aromatic N) is 3. The van der Waals surface area contributed by atoms with Crippen molar-refractivity contribution in [2.24, 2.45) is 0 Å². The maximum absolute atomic E-state index is 5.99.